The molecule has 1 heterocycles. The van der Waals surface area contributed by atoms with Gasteiger partial charge in [0, 0.05) is 12.6 Å². The van der Waals surface area contributed by atoms with E-state index in [9.17, 15) is 9.59 Å². The number of anilines is 1. The van der Waals surface area contributed by atoms with Crippen LogP contribution in [0.25, 0.3) is 0 Å². The van der Waals surface area contributed by atoms with E-state index in [-0.39, 0.29) is 30.2 Å². The maximum atomic E-state index is 11.8. The van der Waals surface area contributed by atoms with Gasteiger partial charge in [-0.1, -0.05) is 0 Å². The average Bonchev–Trinajstić information content (AvgIpc) is 2.73. The Kier molecular flexibility index (Phi) is 5.31. The molecule has 0 spiro atoms. The summed E-state index contributed by atoms with van der Waals surface area (Å²) >= 11 is 0. The molecule has 0 atom stereocenters. The minimum Gasteiger partial charge on any atom is -0.372 e. The van der Waals surface area contributed by atoms with Gasteiger partial charge in [0.2, 0.25) is 5.91 Å². The number of hydrogen-bond acceptors (Lipinski definition) is 4. The average molecular weight is 254 g/mol. The van der Waals surface area contributed by atoms with E-state index in [1.165, 1.54) is 6.20 Å². The first-order valence-corrected chi connectivity index (χ1v) is 5.76. The SMILES string of the molecule is CCOCC(=O)Nc1cn[nH]c1C(=O)NC(C)C. The summed E-state index contributed by atoms with van der Waals surface area (Å²) in [6.07, 6.45) is 1.39. The molecule has 7 nitrogen and oxygen atoms in total. The van der Waals surface area contributed by atoms with Crippen LogP contribution < -0.4 is 10.6 Å². The Morgan fingerprint density at radius 1 is 1.50 bits per heavy atom. The van der Waals surface area contributed by atoms with E-state index in [2.05, 4.69) is 20.8 Å². The van der Waals surface area contributed by atoms with Crippen LogP contribution in [0.3, 0.4) is 0 Å². The van der Waals surface area contributed by atoms with Crippen LogP contribution in [-0.4, -0.2) is 41.3 Å². The van der Waals surface area contributed by atoms with E-state index < -0.39 is 0 Å². The molecule has 0 radical (unpaired) electrons. The topological polar surface area (TPSA) is 96.1 Å². The molecule has 18 heavy (non-hydrogen) atoms. The molecule has 0 saturated heterocycles. The first-order chi connectivity index (χ1) is 8.54. The van der Waals surface area contributed by atoms with Crippen molar-refractivity contribution < 1.29 is 14.3 Å². The summed E-state index contributed by atoms with van der Waals surface area (Å²) < 4.78 is 4.97. The lowest BCUT2D eigenvalue weighted by atomic mass is 10.3. The highest BCUT2D eigenvalue weighted by Crippen LogP contribution is 2.11. The molecule has 0 saturated carbocycles. The third-order valence-electron chi connectivity index (χ3n) is 2.00. The largest absolute Gasteiger partial charge is 0.372 e. The maximum Gasteiger partial charge on any atom is 0.271 e. The van der Waals surface area contributed by atoms with E-state index >= 15 is 0 Å². The fourth-order valence-electron chi connectivity index (χ4n) is 1.27. The lowest BCUT2D eigenvalue weighted by Crippen LogP contribution is -2.31. The Hall–Kier alpha value is -1.89. The van der Waals surface area contributed by atoms with Crippen LogP contribution in [0.1, 0.15) is 31.3 Å². The predicted octanol–water partition coefficient (Wildman–Crippen LogP) is 0.523. The van der Waals surface area contributed by atoms with Crippen molar-refractivity contribution in [1.29, 1.82) is 0 Å². The zero-order valence-electron chi connectivity index (χ0n) is 10.7. The predicted molar refractivity (Wildman–Crippen MR) is 66.3 cm³/mol. The first-order valence-electron chi connectivity index (χ1n) is 5.76. The van der Waals surface area contributed by atoms with Gasteiger partial charge >= 0.3 is 0 Å². The second-order valence-corrected chi connectivity index (χ2v) is 3.97. The molecule has 0 aliphatic heterocycles. The van der Waals surface area contributed by atoms with Gasteiger partial charge in [0.1, 0.15) is 12.3 Å². The van der Waals surface area contributed by atoms with Crippen molar-refractivity contribution in [3.05, 3.63) is 11.9 Å². The van der Waals surface area contributed by atoms with E-state index in [1.807, 2.05) is 13.8 Å². The van der Waals surface area contributed by atoms with Crippen molar-refractivity contribution in [2.75, 3.05) is 18.5 Å². The van der Waals surface area contributed by atoms with Gasteiger partial charge in [0.25, 0.3) is 5.91 Å². The van der Waals surface area contributed by atoms with Crippen molar-refractivity contribution in [1.82, 2.24) is 15.5 Å². The van der Waals surface area contributed by atoms with Crippen LogP contribution in [0.2, 0.25) is 0 Å². The molecule has 3 N–H and O–H groups in total. The highest BCUT2D eigenvalue weighted by molar-refractivity contribution is 6.02. The van der Waals surface area contributed by atoms with Gasteiger partial charge in [-0.15, -0.1) is 0 Å². The Balaban J connectivity index is 2.65. The Labute approximate surface area is 105 Å². The number of nitrogens with one attached hydrogen (secondary N) is 3. The summed E-state index contributed by atoms with van der Waals surface area (Å²) in [5.74, 6) is -0.633. The summed E-state index contributed by atoms with van der Waals surface area (Å²) in [5, 5.41) is 11.6. The smallest absolute Gasteiger partial charge is 0.271 e. The Bertz CT molecular complexity index is 414. The fourth-order valence-corrected chi connectivity index (χ4v) is 1.27. The quantitative estimate of drug-likeness (QED) is 0.689. The zero-order valence-corrected chi connectivity index (χ0v) is 10.7. The summed E-state index contributed by atoms with van der Waals surface area (Å²) in [6.45, 7) is 5.91. The van der Waals surface area contributed by atoms with Crippen LogP contribution in [0.4, 0.5) is 5.69 Å². The lowest BCUT2D eigenvalue weighted by molar-refractivity contribution is -0.120. The van der Waals surface area contributed by atoms with Crippen molar-refractivity contribution >= 4 is 17.5 Å². The highest BCUT2D eigenvalue weighted by Gasteiger charge is 2.16. The summed E-state index contributed by atoms with van der Waals surface area (Å²) in [5.41, 5.74) is 0.575. The number of ether oxygens (including phenoxy) is 1. The monoisotopic (exact) mass is 254 g/mol. The van der Waals surface area contributed by atoms with Crippen LogP contribution in [0.15, 0.2) is 6.20 Å². The molecule has 0 aromatic carbocycles. The van der Waals surface area contributed by atoms with Crippen LogP contribution in [-0.2, 0) is 9.53 Å². The number of carbonyl (C=O) groups is 2. The Morgan fingerprint density at radius 2 is 2.22 bits per heavy atom. The van der Waals surface area contributed by atoms with Gasteiger partial charge < -0.3 is 15.4 Å². The van der Waals surface area contributed by atoms with Gasteiger partial charge in [-0.25, -0.2) is 0 Å². The number of hydrogen-bond donors (Lipinski definition) is 3. The number of carbonyl (C=O) groups excluding carboxylic acids is 2. The van der Waals surface area contributed by atoms with E-state index in [4.69, 9.17) is 4.74 Å². The number of aromatic amines is 1. The second kappa shape index (κ2) is 6.75. The molecule has 7 heteroatoms. The third kappa shape index (κ3) is 4.17. The number of aromatic nitrogens is 2. The van der Waals surface area contributed by atoms with Gasteiger partial charge in [0.15, 0.2) is 0 Å². The summed E-state index contributed by atoms with van der Waals surface area (Å²) in [7, 11) is 0. The number of nitrogens with zero attached hydrogens (tertiary/aromatic N) is 1. The fraction of sp³-hybridized carbons (Fsp3) is 0.545. The highest BCUT2D eigenvalue weighted by atomic mass is 16.5. The van der Waals surface area contributed by atoms with Crippen molar-refractivity contribution in [2.24, 2.45) is 0 Å². The number of rotatable bonds is 6. The molecule has 0 bridgehead atoms. The molecule has 0 aliphatic rings. The van der Waals surface area contributed by atoms with Crippen LogP contribution in [0, 0.1) is 0 Å². The number of H-pyrrole nitrogens is 1. The Morgan fingerprint density at radius 3 is 2.83 bits per heavy atom. The number of amides is 2. The lowest BCUT2D eigenvalue weighted by Gasteiger charge is -2.09. The first kappa shape index (κ1) is 14.2. The van der Waals surface area contributed by atoms with Gasteiger partial charge in [-0.3, -0.25) is 14.7 Å². The van der Waals surface area contributed by atoms with Crippen LogP contribution in [0.5, 0.6) is 0 Å². The van der Waals surface area contributed by atoms with E-state index in [1.54, 1.807) is 6.92 Å². The normalized spacial score (nSPS) is 10.4. The molecule has 2 amide bonds. The molecule has 1 aromatic heterocycles. The van der Waals surface area contributed by atoms with Crippen molar-refractivity contribution in [3.8, 4) is 0 Å². The molecule has 0 unspecified atom stereocenters. The van der Waals surface area contributed by atoms with E-state index in [0.717, 1.165) is 0 Å². The summed E-state index contributed by atoms with van der Waals surface area (Å²) in [6, 6.07) is 0.00720. The molecule has 100 valence electrons. The molecule has 1 rings (SSSR count). The van der Waals surface area contributed by atoms with Crippen molar-refractivity contribution in [2.45, 2.75) is 26.8 Å². The minimum atomic E-state index is -0.322. The molecule has 0 aliphatic carbocycles. The van der Waals surface area contributed by atoms with Gasteiger partial charge in [0.05, 0.1) is 11.9 Å². The summed E-state index contributed by atoms with van der Waals surface area (Å²) in [4.78, 5) is 23.2. The molecule has 1 aromatic rings. The third-order valence-corrected chi connectivity index (χ3v) is 2.00. The van der Waals surface area contributed by atoms with E-state index in [0.29, 0.717) is 12.3 Å². The molecular formula is C11H18N4O3. The zero-order chi connectivity index (χ0) is 13.5. The standard InChI is InChI=1S/C11H18N4O3/c1-4-18-6-9(16)14-8-5-12-15-10(8)11(17)13-7(2)3/h5,7H,4,6H2,1-3H3,(H,12,15)(H,13,17)(H,14,16). The molecular weight excluding hydrogens is 236 g/mol. The van der Waals surface area contributed by atoms with Gasteiger partial charge in [-0.05, 0) is 20.8 Å². The van der Waals surface area contributed by atoms with Gasteiger partial charge in [-0.2, -0.15) is 5.10 Å². The maximum absolute atomic E-state index is 11.8. The minimum absolute atomic E-state index is 0.00720. The molecule has 0 fully saturated rings. The second-order valence-electron chi connectivity index (χ2n) is 3.97. The van der Waals surface area contributed by atoms with Crippen LogP contribution >= 0.6 is 0 Å². The van der Waals surface area contributed by atoms with Crippen molar-refractivity contribution in [3.63, 3.8) is 0 Å².